The van der Waals surface area contributed by atoms with Crippen LogP contribution in [0, 0.1) is 0 Å². The molecule has 0 aliphatic heterocycles. The van der Waals surface area contributed by atoms with Gasteiger partial charge in [0.1, 0.15) is 17.5 Å². The van der Waals surface area contributed by atoms with Crippen LogP contribution in [0.3, 0.4) is 0 Å². The van der Waals surface area contributed by atoms with Crippen LogP contribution in [0.5, 0.6) is 0 Å². The number of hydrogen-bond acceptors (Lipinski definition) is 6. The number of nitrogens with one attached hydrogen (secondary N) is 2. The highest BCUT2D eigenvalue weighted by atomic mass is 16.1. The van der Waals surface area contributed by atoms with Gasteiger partial charge >= 0.3 is 0 Å². The molecule has 0 radical (unpaired) electrons. The van der Waals surface area contributed by atoms with Crippen molar-refractivity contribution in [3.05, 3.63) is 70.9 Å². The first-order valence-electron chi connectivity index (χ1n) is 8.19. The number of H-pyrrole nitrogens is 1. The highest BCUT2D eigenvalue weighted by Crippen LogP contribution is 2.21. The lowest BCUT2D eigenvalue weighted by molar-refractivity contribution is 0.864. The Bertz CT molecular complexity index is 1100. The number of anilines is 2. The van der Waals surface area contributed by atoms with Crippen molar-refractivity contribution in [2.75, 3.05) is 17.6 Å². The maximum absolute atomic E-state index is 11.5. The summed E-state index contributed by atoms with van der Waals surface area (Å²) in [5.41, 5.74) is 8.00. The van der Waals surface area contributed by atoms with E-state index in [1.165, 1.54) is 6.07 Å². The van der Waals surface area contributed by atoms with Gasteiger partial charge in [-0.3, -0.25) is 4.79 Å². The number of nitrogens with two attached hydrogens (primary N) is 1. The monoisotopic (exact) mass is 347 g/mol. The molecular formula is C18H17N7O. The zero-order chi connectivity index (χ0) is 17.9. The molecule has 0 amide bonds. The molecule has 130 valence electrons. The van der Waals surface area contributed by atoms with E-state index >= 15 is 0 Å². The van der Waals surface area contributed by atoms with Gasteiger partial charge in [-0.25, -0.2) is 9.97 Å². The van der Waals surface area contributed by atoms with Gasteiger partial charge in [-0.15, -0.1) is 0 Å². The van der Waals surface area contributed by atoms with Crippen LogP contribution in [0.25, 0.3) is 16.9 Å². The molecule has 0 saturated heterocycles. The molecule has 26 heavy (non-hydrogen) atoms. The van der Waals surface area contributed by atoms with E-state index in [9.17, 15) is 4.79 Å². The van der Waals surface area contributed by atoms with E-state index in [1.54, 1.807) is 10.7 Å². The number of hydrogen-bond donors (Lipinski definition) is 3. The van der Waals surface area contributed by atoms with Gasteiger partial charge < -0.3 is 16.0 Å². The lowest BCUT2D eigenvalue weighted by Gasteiger charge is -2.10. The molecule has 4 N–H and O–H groups in total. The third kappa shape index (κ3) is 3.25. The fourth-order valence-corrected chi connectivity index (χ4v) is 2.75. The largest absolute Gasteiger partial charge is 0.383 e. The molecule has 0 bridgehead atoms. The lowest BCUT2D eigenvalue weighted by Crippen LogP contribution is -2.16. The van der Waals surface area contributed by atoms with Gasteiger partial charge in [0, 0.05) is 36.7 Å². The zero-order valence-corrected chi connectivity index (χ0v) is 13.9. The van der Waals surface area contributed by atoms with Crippen LogP contribution in [0.4, 0.5) is 11.6 Å². The number of benzene rings is 1. The van der Waals surface area contributed by atoms with Crippen LogP contribution in [0.15, 0.2) is 59.5 Å². The molecule has 0 aliphatic carbocycles. The summed E-state index contributed by atoms with van der Waals surface area (Å²) < 4.78 is 1.74. The quantitative estimate of drug-likeness (QED) is 0.506. The van der Waals surface area contributed by atoms with Crippen LogP contribution in [-0.4, -0.2) is 31.1 Å². The van der Waals surface area contributed by atoms with Crippen LogP contribution in [0.2, 0.25) is 0 Å². The second-order valence-corrected chi connectivity index (χ2v) is 5.79. The number of fused-ring (bicyclic) bond motifs is 1. The molecule has 1 aromatic carbocycles. The molecule has 4 aromatic rings. The van der Waals surface area contributed by atoms with Gasteiger partial charge in [-0.2, -0.15) is 9.61 Å². The summed E-state index contributed by atoms with van der Waals surface area (Å²) in [5, 5.41) is 7.63. The molecule has 0 unspecified atom stereocenters. The van der Waals surface area contributed by atoms with Gasteiger partial charge in [0.25, 0.3) is 5.56 Å². The van der Waals surface area contributed by atoms with E-state index in [1.807, 2.05) is 42.5 Å². The molecule has 0 spiro atoms. The minimum atomic E-state index is -0.253. The van der Waals surface area contributed by atoms with Gasteiger partial charge in [-0.05, 0) is 0 Å². The molecule has 0 fully saturated rings. The molecule has 3 heterocycles. The Hall–Kier alpha value is -3.68. The second kappa shape index (κ2) is 6.67. The smallest absolute Gasteiger partial charge is 0.252 e. The average Bonchev–Trinajstić information content (AvgIpc) is 3.10. The van der Waals surface area contributed by atoms with Gasteiger partial charge in [0.2, 0.25) is 0 Å². The summed E-state index contributed by atoms with van der Waals surface area (Å²) >= 11 is 0. The van der Waals surface area contributed by atoms with Gasteiger partial charge in [0.15, 0.2) is 5.65 Å². The molecule has 3 aromatic heterocycles. The third-order valence-electron chi connectivity index (χ3n) is 3.91. The summed E-state index contributed by atoms with van der Waals surface area (Å²) in [6.45, 7) is 0.555. The summed E-state index contributed by atoms with van der Waals surface area (Å²) in [4.78, 5) is 22.9. The fourth-order valence-electron chi connectivity index (χ4n) is 2.75. The van der Waals surface area contributed by atoms with E-state index in [4.69, 9.17) is 5.73 Å². The maximum Gasteiger partial charge on any atom is 0.252 e. The van der Waals surface area contributed by atoms with Crippen molar-refractivity contribution in [1.82, 2.24) is 24.6 Å². The molecule has 0 saturated carbocycles. The fraction of sp³-hybridized carbons (Fsp3) is 0.111. The highest BCUT2D eigenvalue weighted by molar-refractivity contribution is 5.66. The minimum absolute atomic E-state index is 0.216. The Morgan fingerprint density at radius 3 is 2.77 bits per heavy atom. The van der Waals surface area contributed by atoms with Crippen molar-refractivity contribution in [1.29, 1.82) is 0 Å². The lowest BCUT2D eigenvalue weighted by atomic mass is 10.1. The van der Waals surface area contributed by atoms with E-state index in [0.29, 0.717) is 18.8 Å². The number of aromatic amines is 1. The average molecular weight is 347 g/mol. The Labute approximate surface area is 148 Å². The zero-order valence-electron chi connectivity index (χ0n) is 13.9. The molecule has 4 rings (SSSR count). The van der Waals surface area contributed by atoms with Gasteiger partial charge in [0.05, 0.1) is 11.9 Å². The number of nitrogen functional groups attached to an aromatic ring is 1. The van der Waals surface area contributed by atoms with Crippen molar-refractivity contribution in [3.63, 3.8) is 0 Å². The Kier molecular flexibility index (Phi) is 4.06. The number of nitrogens with zero attached hydrogens (tertiary/aromatic N) is 4. The molecule has 8 heteroatoms. The van der Waals surface area contributed by atoms with E-state index in [2.05, 4.69) is 25.4 Å². The topological polar surface area (TPSA) is 114 Å². The molecule has 8 nitrogen and oxygen atoms in total. The van der Waals surface area contributed by atoms with Crippen LogP contribution in [-0.2, 0) is 6.42 Å². The Morgan fingerprint density at radius 2 is 1.96 bits per heavy atom. The van der Waals surface area contributed by atoms with Crippen LogP contribution in [0.1, 0.15) is 5.82 Å². The first-order chi connectivity index (χ1) is 12.7. The predicted molar refractivity (Wildman–Crippen MR) is 99.9 cm³/mol. The molecule has 0 atom stereocenters. The summed E-state index contributed by atoms with van der Waals surface area (Å²) in [6, 6.07) is 15.0. The SMILES string of the molecule is Nc1cc(=O)[nH]c(CCNc2cc(-c3ccccc3)nc3ccnn23)n1. The van der Waals surface area contributed by atoms with Crippen molar-refractivity contribution in [2.45, 2.75) is 6.42 Å². The summed E-state index contributed by atoms with van der Waals surface area (Å²) in [7, 11) is 0. The maximum atomic E-state index is 11.5. The van der Waals surface area contributed by atoms with E-state index < -0.39 is 0 Å². The number of rotatable bonds is 5. The van der Waals surface area contributed by atoms with E-state index in [0.717, 1.165) is 22.7 Å². The Morgan fingerprint density at radius 1 is 1.12 bits per heavy atom. The molecule has 0 aliphatic rings. The summed E-state index contributed by atoms with van der Waals surface area (Å²) in [6.07, 6.45) is 2.23. The third-order valence-corrected chi connectivity index (χ3v) is 3.91. The normalized spacial score (nSPS) is 10.9. The minimum Gasteiger partial charge on any atom is -0.383 e. The first-order valence-corrected chi connectivity index (χ1v) is 8.19. The highest BCUT2D eigenvalue weighted by Gasteiger charge is 2.08. The molecular weight excluding hydrogens is 330 g/mol. The Balaban J connectivity index is 1.59. The second-order valence-electron chi connectivity index (χ2n) is 5.79. The van der Waals surface area contributed by atoms with Crippen molar-refractivity contribution >= 4 is 17.3 Å². The van der Waals surface area contributed by atoms with E-state index in [-0.39, 0.29) is 11.4 Å². The first kappa shape index (κ1) is 15.8. The van der Waals surface area contributed by atoms with Gasteiger partial charge in [-0.1, -0.05) is 30.3 Å². The summed E-state index contributed by atoms with van der Waals surface area (Å²) in [5.74, 6) is 1.56. The number of aromatic nitrogens is 5. The van der Waals surface area contributed by atoms with Crippen molar-refractivity contribution in [2.24, 2.45) is 0 Å². The van der Waals surface area contributed by atoms with Crippen LogP contribution < -0.4 is 16.6 Å². The van der Waals surface area contributed by atoms with Crippen molar-refractivity contribution in [3.8, 4) is 11.3 Å². The standard InChI is InChI=1S/C18H17N7O/c19-14-11-18(26)24-15(23-14)6-8-20-17-10-13(12-4-2-1-3-5-12)22-16-7-9-21-25(16)17/h1-5,7,9-11,20H,6,8H2,(H3,19,23,24,26). The van der Waals surface area contributed by atoms with Crippen LogP contribution >= 0.6 is 0 Å². The predicted octanol–water partition coefficient (Wildman–Crippen LogP) is 1.72. The van der Waals surface area contributed by atoms with Crippen molar-refractivity contribution < 1.29 is 0 Å².